The van der Waals surface area contributed by atoms with Gasteiger partial charge >= 0.3 is 8.80 Å². The second kappa shape index (κ2) is 21.0. The third-order valence-corrected chi connectivity index (χ3v) is 23.9. The minimum Gasteiger partial charge on any atom is -0.497 e. The van der Waals surface area contributed by atoms with E-state index < -0.39 is 59.8 Å². The number of carbonyl (C=O) groups excluding carboxylic acids is 1. The van der Waals surface area contributed by atoms with Crippen LogP contribution in [-0.2, 0) is 59.4 Å². The lowest BCUT2D eigenvalue weighted by Crippen LogP contribution is -2.66. The van der Waals surface area contributed by atoms with Crippen LogP contribution in [0.4, 0.5) is 0 Å². The molecule has 7 rings (SSSR count). The number of rotatable bonds is 15. The first-order valence-electron chi connectivity index (χ1n) is 22.9. The molecule has 2 saturated heterocycles. The van der Waals surface area contributed by atoms with Crippen LogP contribution < -0.4 is 4.74 Å². The maximum Gasteiger partial charge on any atom is 0.493 e. The summed E-state index contributed by atoms with van der Waals surface area (Å²) in [6.07, 6.45) is 8.40. The van der Waals surface area contributed by atoms with Gasteiger partial charge in [0.1, 0.15) is 42.4 Å². The van der Waals surface area contributed by atoms with Crippen molar-refractivity contribution in [1.82, 2.24) is 0 Å². The average molecular weight is 891 g/mol. The number of methoxy groups -OCH3 is 1. The molecule has 0 N–H and O–H groups in total. The van der Waals surface area contributed by atoms with E-state index >= 15 is 0 Å². The molecule has 62 heavy (non-hydrogen) atoms. The van der Waals surface area contributed by atoms with Crippen LogP contribution in [0.15, 0.2) is 91.1 Å². The van der Waals surface area contributed by atoms with Crippen LogP contribution in [0, 0.1) is 0 Å². The molecule has 0 spiro atoms. The first-order valence-corrected chi connectivity index (χ1v) is 26.8. The van der Waals surface area contributed by atoms with Gasteiger partial charge in [-0.05, 0) is 64.9 Å². The molecule has 13 heteroatoms. The molecule has 0 amide bonds. The topological polar surface area (TPSA) is 109 Å². The largest absolute Gasteiger partial charge is 0.497 e. The van der Waals surface area contributed by atoms with Gasteiger partial charge in [0.05, 0.1) is 58.0 Å². The second-order valence-electron chi connectivity index (χ2n) is 18.6. The van der Waals surface area contributed by atoms with Gasteiger partial charge in [0, 0.05) is 12.0 Å². The van der Waals surface area contributed by atoms with Crippen molar-refractivity contribution >= 4 is 22.9 Å². The Kier molecular flexibility index (Phi) is 16.0. The number of ketones is 1. The standard InChI is InChI=1S/C49H70O11Si2/c1-32(2)61(33(3)4,34(5)6)60-62(35(7)8)55-31-46-42(59-62)20-15-19-40-41(57-46)26-25-39(50)44(56-40)28-45-48(53-30-37-21-23-38(51-9)24-22-37)49(54-29-36-16-11-10-12-17-36)47-43(58-45)18-13-14-27-52-47/h10-17,20-26,32-35,40-49H,18-19,27-31H2,1-9H3/b20-15-/t40-,41+,42+,43+,44+,45-,46-,47+,48-,49-,62?/m1/s1. The van der Waals surface area contributed by atoms with Gasteiger partial charge in [-0.3, -0.25) is 4.79 Å². The average Bonchev–Trinajstić information content (AvgIpc) is 3.57. The van der Waals surface area contributed by atoms with Crippen molar-refractivity contribution in [3.63, 3.8) is 0 Å². The molecule has 11 nitrogen and oxygen atoms in total. The molecule has 5 aliphatic heterocycles. The summed E-state index contributed by atoms with van der Waals surface area (Å²) >= 11 is 0. The maximum absolute atomic E-state index is 14.1. The lowest BCUT2D eigenvalue weighted by molar-refractivity contribution is -0.264. The summed E-state index contributed by atoms with van der Waals surface area (Å²) in [6.45, 7) is 19.5. The van der Waals surface area contributed by atoms with Crippen LogP contribution in [0.1, 0.15) is 85.8 Å². The van der Waals surface area contributed by atoms with Crippen LogP contribution in [0.25, 0.3) is 0 Å². The van der Waals surface area contributed by atoms with Crippen LogP contribution in [0.2, 0.25) is 22.2 Å². The zero-order valence-electron chi connectivity index (χ0n) is 38.2. The van der Waals surface area contributed by atoms with Crippen molar-refractivity contribution in [1.29, 1.82) is 0 Å². The van der Waals surface area contributed by atoms with Crippen molar-refractivity contribution in [3.05, 3.63) is 102 Å². The summed E-state index contributed by atoms with van der Waals surface area (Å²) in [6, 6.07) is 17.9. The number of hydrogen-bond donors (Lipinski definition) is 0. The normalized spacial score (nSPS) is 33.3. The number of hydrogen-bond acceptors (Lipinski definition) is 11. The summed E-state index contributed by atoms with van der Waals surface area (Å²) in [7, 11) is -3.83. The molecule has 5 heterocycles. The Labute approximate surface area is 371 Å². The van der Waals surface area contributed by atoms with E-state index in [9.17, 15) is 4.79 Å². The van der Waals surface area contributed by atoms with Crippen LogP contribution in [0.3, 0.4) is 0 Å². The molecular formula is C49H70O11Si2. The van der Waals surface area contributed by atoms with Crippen LogP contribution in [0.5, 0.6) is 5.75 Å². The Bertz CT molecular complexity index is 1810. The predicted molar refractivity (Wildman–Crippen MR) is 242 cm³/mol. The molecule has 1 unspecified atom stereocenters. The highest BCUT2D eigenvalue weighted by molar-refractivity contribution is 6.85. The van der Waals surface area contributed by atoms with Crippen molar-refractivity contribution < 1.29 is 50.9 Å². The Hall–Kier alpha value is -2.80. The number of benzene rings is 2. The minimum atomic E-state index is -3.15. The molecule has 2 fully saturated rings. The smallest absolute Gasteiger partial charge is 0.493 e. The van der Waals surface area contributed by atoms with E-state index in [0.717, 1.165) is 16.9 Å². The third-order valence-electron chi connectivity index (χ3n) is 13.3. The zero-order chi connectivity index (χ0) is 44.0. The second-order valence-corrected chi connectivity index (χ2v) is 27.5. The molecule has 2 aromatic carbocycles. The van der Waals surface area contributed by atoms with E-state index in [2.05, 4.69) is 73.6 Å². The van der Waals surface area contributed by atoms with E-state index in [-0.39, 0.29) is 36.1 Å². The summed E-state index contributed by atoms with van der Waals surface area (Å²) in [5.74, 6) is 0.621. The van der Waals surface area contributed by atoms with Crippen molar-refractivity contribution in [3.8, 4) is 5.75 Å². The molecule has 0 bridgehead atoms. The number of ether oxygens (including phenoxy) is 7. The fourth-order valence-electron chi connectivity index (χ4n) is 10.1. The minimum absolute atomic E-state index is 0.0721. The highest BCUT2D eigenvalue weighted by Crippen LogP contribution is 2.48. The highest BCUT2D eigenvalue weighted by Gasteiger charge is 2.60. The first-order chi connectivity index (χ1) is 29.8. The van der Waals surface area contributed by atoms with E-state index in [1.165, 1.54) is 0 Å². The SMILES string of the molecule is COc1ccc(CO[C@H]2[C@H](OCc3ccccc3)[C@H]3OCC=CC[C@@H]3O[C@@H]2C[C@@H]2O[C@@H]3C/C=C\[C@@H]4O[Si](O[Si](C(C)C)(C(C)C)C(C)C)(C(C)C)OC[C@H]4O[C@H]3C=CC2=O)cc1. The Morgan fingerprint density at radius 1 is 0.726 bits per heavy atom. The zero-order valence-corrected chi connectivity index (χ0v) is 40.2. The molecule has 0 radical (unpaired) electrons. The fraction of sp³-hybridized carbons (Fsp3) is 0.612. The lowest BCUT2D eigenvalue weighted by atomic mass is 9.89. The predicted octanol–water partition coefficient (Wildman–Crippen LogP) is 9.23. The molecule has 0 aromatic heterocycles. The van der Waals surface area contributed by atoms with Crippen molar-refractivity contribution in [2.45, 2.75) is 171 Å². The molecule has 2 aromatic rings. The summed E-state index contributed by atoms with van der Waals surface area (Å²) in [5, 5.41) is 0. The molecule has 340 valence electrons. The Balaban J connectivity index is 1.11. The highest BCUT2D eigenvalue weighted by atomic mass is 28.5. The van der Waals surface area contributed by atoms with Gasteiger partial charge in [0.25, 0.3) is 0 Å². The van der Waals surface area contributed by atoms with Gasteiger partial charge in [0.15, 0.2) is 14.1 Å². The molecular weight excluding hydrogens is 821 g/mol. The van der Waals surface area contributed by atoms with Crippen molar-refractivity contribution in [2.24, 2.45) is 0 Å². The lowest BCUT2D eigenvalue weighted by Gasteiger charge is -2.52. The number of carbonyl (C=O) groups is 1. The van der Waals surface area contributed by atoms with Crippen LogP contribution >= 0.6 is 0 Å². The molecule has 0 aliphatic carbocycles. The van der Waals surface area contributed by atoms with E-state index in [1.54, 1.807) is 13.2 Å². The van der Waals surface area contributed by atoms with Crippen LogP contribution in [-0.4, -0.2) is 104 Å². The van der Waals surface area contributed by atoms with Crippen molar-refractivity contribution in [2.75, 3.05) is 20.3 Å². The van der Waals surface area contributed by atoms with E-state index in [1.807, 2.05) is 66.7 Å². The Morgan fingerprint density at radius 2 is 1.40 bits per heavy atom. The van der Waals surface area contributed by atoms with Gasteiger partial charge in [-0.15, -0.1) is 0 Å². The fourth-order valence-corrected chi connectivity index (χ4v) is 21.9. The summed E-state index contributed by atoms with van der Waals surface area (Å²) < 4.78 is 67.2. The quantitative estimate of drug-likeness (QED) is 0.126. The summed E-state index contributed by atoms with van der Waals surface area (Å²) in [5.41, 5.74) is 3.25. The van der Waals surface area contributed by atoms with Gasteiger partial charge in [0.2, 0.25) is 0 Å². The number of fused-ring (bicyclic) bond motifs is 3. The maximum atomic E-state index is 14.1. The monoisotopic (exact) mass is 890 g/mol. The van der Waals surface area contributed by atoms with Gasteiger partial charge in [-0.2, -0.15) is 0 Å². The van der Waals surface area contributed by atoms with E-state index in [0.29, 0.717) is 55.9 Å². The molecule has 0 saturated carbocycles. The van der Waals surface area contributed by atoms with Gasteiger partial charge in [-0.25, -0.2) is 0 Å². The molecule has 11 atom stereocenters. The summed E-state index contributed by atoms with van der Waals surface area (Å²) in [4.78, 5) is 14.1. The Morgan fingerprint density at radius 3 is 2.08 bits per heavy atom. The first kappa shape index (κ1) is 47.2. The van der Waals surface area contributed by atoms with Gasteiger partial charge in [-0.1, -0.05) is 122 Å². The molecule has 5 aliphatic rings. The van der Waals surface area contributed by atoms with E-state index in [4.69, 9.17) is 46.1 Å². The third kappa shape index (κ3) is 10.5. The van der Waals surface area contributed by atoms with Gasteiger partial charge < -0.3 is 46.1 Å².